The van der Waals surface area contributed by atoms with Crippen molar-refractivity contribution in [1.82, 2.24) is 4.98 Å². The van der Waals surface area contributed by atoms with Crippen LogP contribution in [0.5, 0.6) is 0 Å². The molecule has 0 atom stereocenters. The van der Waals surface area contributed by atoms with Gasteiger partial charge in [0.1, 0.15) is 0 Å². The van der Waals surface area contributed by atoms with Gasteiger partial charge in [0.15, 0.2) is 12.2 Å². The van der Waals surface area contributed by atoms with Gasteiger partial charge < -0.3 is 4.42 Å². The smallest absolute Gasteiger partial charge is 0.181 e. The molecule has 1 radical (unpaired) electrons. The fourth-order valence-corrected chi connectivity index (χ4v) is 1.31. The van der Waals surface area contributed by atoms with Crippen LogP contribution in [0.15, 0.2) is 29.1 Å². The molecule has 0 bridgehead atoms. The number of rotatable bonds is 1. The molecule has 2 aromatic heterocycles. The minimum absolute atomic E-state index is 0.811. The summed E-state index contributed by atoms with van der Waals surface area (Å²) in [5, 5.41) is 2.97. The minimum atomic E-state index is 0.811. The van der Waals surface area contributed by atoms with Crippen molar-refractivity contribution in [2.45, 2.75) is 0 Å². The average Bonchev–Trinajstić information content (AvgIpc) is 2.59. The third kappa shape index (κ3) is 0.844. The number of hydrogen-bond donors (Lipinski definition) is 0. The van der Waals surface area contributed by atoms with Crippen molar-refractivity contribution in [3.8, 4) is 10.6 Å². The van der Waals surface area contributed by atoms with Crippen LogP contribution < -0.4 is 0 Å². The Morgan fingerprint density at radius 2 is 2.60 bits per heavy atom. The maximum Gasteiger partial charge on any atom is 0.181 e. The third-order valence-corrected chi connectivity index (χ3v) is 1.96. The molecule has 3 heteroatoms. The zero-order valence-electron chi connectivity index (χ0n) is 5.07. The fraction of sp³-hybridized carbons (Fsp3) is 0. The van der Waals surface area contributed by atoms with E-state index in [0.29, 0.717) is 0 Å². The Hall–Kier alpha value is -1.09. The van der Waals surface area contributed by atoms with Crippen LogP contribution in [0, 0.1) is 5.38 Å². The molecule has 0 unspecified atom stereocenters. The normalized spacial score (nSPS) is 10.0. The number of aromatic nitrogens is 1. The lowest BCUT2D eigenvalue weighted by atomic mass is 10.4. The van der Waals surface area contributed by atoms with Crippen molar-refractivity contribution in [3.63, 3.8) is 0 Å². The maximum absolute atomic E-state index is 5.06. The van der Waals surface area contributed by atoms with Crippen LogP contribution in [-0.2, 0) is 0 Å². The van der Waals surface area contributed by atoms with Gasteiger partial charge in [-0.2, -0.15) is 0 Å². The predicted octanol–water partition coefficient (Wildman–Crippen LogP) is 2.20. The first-order valence-corrected chi connectivity index (χ1v) is 3.63. The summed E-state index contributed by atoms with van der Waals surface area (Å²) >= 11 is 1.52. The molecule has 0 aliphatic heterocycles. The van der Waals surface area contributed by atoms with Crippen molar-refractivity contribution in [2.24, 2.45) is 0 Å². The van der Waals surface area contributed by atoms with Gasteiger partial charge in [0.05, 0.1) is 11.1 Å². The van der Waals surface area contributed by atoms with Crippen LogP contribution in [0.3, 0.4) is 0 Å². The molecule has 2 aromatic rings. The second-order valence-corrected chi connectivity index (χ2v) is 2.66. The molecule has 0 aromatic carbocycles. The minimum Gasteiger partial charge on any atom is -0.443 e. The lowest BCUT2D eigenvalue weighted by molar-refractivity contribution is 0.573. The zero-order valence-corrected chi connectivity index (χ0v) is 5.89. The lowest BCUT2D eigenvalue weighted by Gasteiger charge is -1.83. The van der Waals surface area contributed by atoms with E-state index in [2.05, 4.69) is 10.4 Å². The van der Waals surface area contributed by atoms with Crippen LogP contribution in [0.4, 0.5) is 0 Å². The van der Waals surface area contributed by atoms with Crippen molar-refractivity contribution in [1.29, 1.82) is 0 Å². The topological polar surface area (TPSA) is 26.0 Å². The first-order chi connectivity index (χ1) is 4.97. The second kappa shape index (κ2) is 2.27. The van der Waals surface area contributed by atoms with E-state index < -0.39 is 0 Å². The Morgan fingerprint density at radius 1 is 1.60 bits per heavy atom. The monoisotopic (exact) mass is 150 g/mol. The van der Waals surface area contributed by atoms with Gasteiger partial charge in [0.2, 0.25) is 0 Å². The lowest BCUT2D eigenvalue weighted by Crippen LogP contribution is -1.59. The molecule has 2 heterocycles. The summed E-state index contributed by atoms with van der Waals surface area (Å²) in [6, 6.07) is 3.81. The van der Waals surface area contributed by atoms with Gasteiger partial charge in [-0.3, -0.25) is 0 Å². The summed E-state index contributed by atoms with van der Waals surface area (Å²) in [7, 11) is 0. The van der Waals surface area contributed by atoms with E-state index in [1.165, 1.54) is 17.7 Å². The fourth-order valence-electron chi connectivity index (χ4n) is 0.711. The number of oxazole rings is 1. The van der Waals surface area contributed by atoms with Gasteiger partial charge in [-0.15, -0.1) is 11.3 Å². The molecule has 0 fully saturated rings. The van der Waals surface area contributed by atoms with E-state index in [4.69, 9.17) is 4.42 Å². The highest BCUT2D eigenvalue weighted by Crippen LogP contribution is 2.22. The van der Waals surface area contributed by atoms with Gasteiger partial charge in [-0.1, -0.05) is 0 Å². The summed E-state index contributed by atoms with van der Waals surface area (Å²) in [6.45, 7) is 0. The van der Waals surface area contributed by atoms with E-state index in [1.807, 2.05) is 12.1 Å². The number of nitrogens with zero attached hydrogens (tertiary/aromatic N) is 1. The average molecular weight is 150 g/mol. The van der Waals surface area contributed by atoms with E-state index >= 15 is 0 Å². The largest absolute Gasteiger partial charge is 0.443 e. The quantitative estimate of drug-likeness (QED) is 0.622. The molecule has 0 N–H and O–H groups in total. The predicted molar refractivity (Wildman–Crippen MR) is 38.7 cm³/mol. The van der Waals surface area contributed by atoms with Crippen LogP contribution >= 0.6 is 11.3 Å². The van der Waals surface area contributed by atoms with Gasteiger partial charge in [-0.05, 0) is 12.1 Å². The van der Waals surface area contributed by atoms with Crippen molar-refractivity contribution in [2.75, 3.05) is 0 Å². The molecular formula is C7H4NOS. The van der Waals surface area contributed by atoms with Crippen molar-refractivity contribution < 1.29 is 4.42 Å². The van der Waals surface area contributed by atoms with E-state index in [1.54, 1.807) is 6.20 Å². The highest BCUT2D eigenvalue weighted by molar-refractivity contribution is 7.13. The zero-order chi connectivity index (χ0) is 6.81. The van der Waals surface area contributed by atoms with Gasteiger partial charge >= 0.3 is 0 Å². The van der Waals surface area contributed by atoms with Crippen LogP contribution in [0.25, 0.3) is 10.6 Å². The Bertz CT molecular complexity index is 253. The first-order valence-electron chi connectivity index (χ1n) is 2.81. The van der Waals surface area contributed by atoms with Crippen molar-refractivity contribution in [3.05, 3.63) is 30.1 Å². The maximum atomic E-state index is 5.06. The second-order valence-electron chi connectivity index (χ2n) is 1.78. The summed E-state index contributed by atoms with van der Waals surface area (Å²) in [4.78, 5) is 4.87. The molecule has 0 amide bonds. The summed E-state index contributed by atoms with van der Waals surface area (Å²) in [5.41, 5.74) is 0. The van der Waals surface area contributed by atoms with Gasteiger partial charge in [0, 0.05) is 5.38 Å². The molecule has 0 spiro atoms. The molecule has 0 aliphatic carbocycles. The molecule has 10 heavy (non-hydrogen) atoms. The summed E-state index contributed by atoms with van der Waals surface area (Å²) in [5.74, 6) is 0.811. The number of thiophene rings is 1. The Kier molecular flexibility index (Phi) is 1.29. The van der Waals surface area contributed by atoms with Gasteiger partial charge in [0.25, 0.3) is 0 Å². The number of hydrogen-bond acceptors (Lipinski definition) is 3. The molecule has 2 nitrogen and oxygen atoms in total. The van der Waals surface area contributed by atoms with Crippen molar-refractivity contribution >= 4 is 11.3 Å². The first kappa shape index (κ1) is 5.68. The Balaban J connectivity index is 2.48. The van der Waals surface area contributed by atoms with Crippen LogP contribution in [0.1, 0.15) is 0 Å². The molecule has 49 valence electrons. The Labute approximate surface area is 62.1 Å². The SMILES string of the molecule is [c]1ccc(-c2cnco2)s1. The molecule has 2 rings (SSSR count). The van der Waals surface area contributed by atoms with Crippen LogP contribution in [-0.4, -0.2) is 4.98 Å². The van der Waals surface area contributed by atoms with E-state index in [-0.39, 0.29) is 0 Å². The highest BCUT2D eigenvalue weighted by Gasteiger charge is 1.99. The summed E-state index contributed by atoms with van der Waals surface area (Å²) < 4.78 is 5.06. The summed E-state index contributed by atoms with van der Waals surface area (Å²) in [6.07, 6.45) is 3.12. The molecule has 0 aliphatic rings. The molecule has 0 saturated carbocycles. The van der Waals surface area contributed by atoms with Crippen LogP contribution in [0.2, 0.25) is 0 Å². The standard InChI is InChI=1S/C7H4NOS/c1-2-7(10-3-1)6-4-8-5-9-6/h1-2,4-5H. The Morgan fingerprint density at radius 3 is 3.20 bits per heavy atom. The molecular weight excluding hydrogens is 146 g/mol. The highest BCUT2D eigenvalue weighted by atomic mass is 32.1. The van der Waals surface area contributed by atoms with E-state index in [0.717, 1.165) is 10.6 Å². The van der Waals surface area contributed by atoms with E-state index in [9.17, 15) is 0 Å². The third-order valence-electron chi connectivity index (χ3n) is 1.15. The van der Waals surface area contributed by atoms with Gasteiger partial charge in [-0.25, -0.2) is 4.98 Å². The molecule has 0 saturated heterocycles.